The molecule has 2 aromatic carbocycles. The van der Waals surface area contributed by atoms with Crippen molar-refractivity contribution in [3.63, 3.8) is 0 Å². The van der Waals surface area contributed by atoms with Gasteiger partial charge in [0.05, 0.1) is 0 Å². The Balaban J connectivity index is 1.77. The van der Waals surface area contributed by atoms with Crippen LogP contribution in [-0.2, 0) is 6.54 Å². The van der Waals surface area contributed by atoms with Gasteiger partial charge in [-0.2, -0.15) is 0 Å². The van der Waals surface area contributed by atoms with Crippen molar-refractivity contribution in [3.8, 4) is 5.75 Å². The fraction of sp³-hybridized carbons (Fsp3) is 0.333. The number of aryl methyl sites for hydroxylation is 1. The Bertz CT molecular complexity index is 639. The molecule has 0 amide bonds. The van der Waals surface area contributed by atoms with E-state index in [1.807, 2.05) is 25.1 Å². The number of aromatic hydroxyl groups is 1. The van der Waals surface area contributed by atoms with Gasteiger partial charge in [0, 0.05) is 37.4 Å². The number of nitrogens with zero attached hydrogens (tertiary/aromatic N) is 1. The third-order valence-corrected chi connectivity index (χ3v) is 4.34. The third kappa shape index (κ3) is 2.74. The molecule has 1 atom stereocenters. The summed E-state index contributed by atoms with van der Waals surface area (Å²) in [6.45, 7) is 3.68. The molecule has 21 heavy (non-hydrogen) atoms. The third-order valence-electron chi connectivity index (χ3n) is 4.34. The first-order valence-electron chi connectivity index (χ1n) is 7.47. The van der Waals surface area contributed by atoms with Gasteiger partial charge >= 0.3 is 0 Å². The second-order valence-electron chi connectivity index (χ2n) is 5.79. The molecular formula is C18H22N2O. The minimum Gasteiger partial charge on any atom is -0.507 e. The van der Waals surface area contributed by atoms with Gasteiger partial charge in [-0.05, 0) is 30.5 Å². The molecule has 0 saturated carbocycles. The molecule has 0 bridgehead atoms. The second-order valence-corrected chi connectivity index (χ2v) is 5.79. The predicted octanol–water partition coefficient (Wildman–Crippen LogP) is 3.37. The lowest BCUT2D eigenvalue weighted by atomic mass is 9.96. The molecule has 2 N–H and O–H groups in total. The van der Waals surface area contributed by atoms with Crippen molar-refractivity contribution in [2.24, 2.45) is 0 Å². The topological polar surface area (TPSA) is 35.5 Å². The second kappa shape index (κ2) is 5.78. The highest BCUT2D eigenvalue weighted by Crippen LogP contribution is 2.33. The molecule has 1 unspecified atom stereocenters. The molecule has 3 heteroatoms. The molecular weight excluding hydrogens is 260 g/mol. The summed E-state index contributed by atoms with van der Waals surface area (Å²) in [5.41, 5.74) is 4.54. The maximum atomic E-state index is 10.1. The molecule has 0 fully saturated rings. The molecule has 3 rings (SSSR count). The van der Waals surface area contributed by atoms with Gasteiger partial charge in [0.2, 0.25) is 0 Å². The zero-order chi connectivity index (χ0) is 14.8. The van der Waals surface area contributed by atoms with Crippen molar-refractivity contribution in [1.29, 1.82) is 0 Å². The van der Waals surface area contributed by atoms with E-state index in [-0.39, 0.29) is 0 Å². The van der Waals surface area contributed by atoms with Crippen LogP contribution in [0.15, 0.2) is 42.5 Å². The normalized spacial score (nSPS) is 17.6. The fourth-order valence-corrected chi connectivity index (χ4v) is 3.04. The average molecular weight is 282 g/mol. The summed E-state index contributed by atoms with van der Waals surface area (Å²) in [7, 11) is 2.14. The van der Waals surface area contributed by atoms with E-state index in [2.05, 4.69) is 41.5 Å². The quantitative estimate of drug-likeness (QED) is 0.906. The Morgan fingerprint density at radius 3 is 2.86 bits per heavy atom. The summed E-state index contributed by atoms with van der Waals surface area (Å²) >= 11 is 0. The summed E-state index contributed by atoms with van der Waals surface area (Å²) in [5, 5.41) is 13.7. The number of para-hydroxylation sites is 2. The summed E-state index contributed by atoms with van der Waals surface area (Å²) in [6, 6.07) is 14.8. The largest absolute Gasteiger partial charge is 0.507 e. The van der Waals surface area contributed by atoms with Crippen molar-refractivity contribution < 1.29 is 5.11 Å². The van der Waals surface area contributed by atoms with Crippen LogP contribution in [-0.4, -0.2) is 18.7 Å². The van der Waals surface area contributed by atoms with Crippen molar-refractivity contribution in [1.82, 2.24) is 5.32 Å². The average Bonchev–Trinajstić information content (AvgIpc) is 2.51. The van der Waals surface area contributed by atoms with E-state index in [1.54, 1.807) is 0 Å². The van der Waals surface area contributed by atoms with E-state index in [9.17, 15) is 5.11 Å². The standard InChI is InChI=1S/C18H22N2O/c1-13-6-5-7-14(18(13)21)12-19-16-10-11-20(2)17-9-4-3-8-15(16)17/h3-9,16,19,21H,10-12H2,1-2H3. The highest BCUT2D eigenvalue weighted by molar-refractivity contribution is 5.56. The lowest BCUT2D eigenvalue weighted by molar-refractivity contribution is 0.445. The Morgan fingerprint density at radius 1 is 1.19 bits per heavy atom. The molecule has 0 aromatic heterocycles. The Hall–Kier alpha value is -2.00. The van der Waals surface area contributed by atoms with Gasteiger partial charge in [-0.1, -0.05) is 36.4 Å². The Kier molecular flexibility index (Phi) is 3.84. The first kappa shape index (κ1) is 14.0. The highest BCUT2D eigenvalue weighted by Gasteiger charge is 2.22. The first-order chi connectivity index (χ1) is 10.2. The molecule has 3 nitrogen and oxygen atoms in total. The minimum absolute atomic E-state index is 0.345. The number of phenols is 1. The van der Waals surface area contributed by atoms with Crippen LogP contribution in [0.3, 0.4) is 0 Å². The summed E-state index contributed by atoms with van der Waals surface area (Å²) in [4.78, 5) is 2.30. The van der Waals surface area contributed by atoms with Gasteiger partial charge in [0.25, 0.3) is 0 Å². The molecule has 2 aromatic rings. The zero-order valence-electron chi connectivity index (χ0n) is 12.6. The number of nitrogens with one attached hydrogen (secondary N) is 1. The van der Waals surface area contributed by atoms with E-state index < -0.39 is 0 Å². The van der Waals surface area contributed by atoms with Crippen LogP contribution in [0.4, 0.5) is 5.69 Å². The van der Waals surface area contributed by atoms with Crippen LogP contribution >= 0.6 is 0 Å². The van der Waals surface area contributed by atoms with Gasteiger partial charge in [-0.25, -0.2) is 0 Å². The fourth-order valence-electron chi connectivity index (χ4n) is 3.04. The Morgan fingerprint density at radius 2 is 2.00 bits per heavy atom. The number of rotatable bonds is 3. The van der Waals surface area contributed by atoms with Gasteiger partial charge in [-0.3, -0.25) is 0 Å². The number of hydrogen-bond donors (Lipinski definition) is 2. The van der Waals surface area contributed by atoms with Crippen molar-refractivity contribution in [2.45, 2.75) is 25.9 Å². The molecule has 1 aliphatic heterocycles. The van der Waals surface area contributed by atoms with Crippen LogP contribution in [0.25, 0.3) is 0 Å². The van der Waals surface area contributed by atoms with Gasteiger partial charge in [0.15, 0.2) is 0 Å². The number of anilines is 1. The van der Waals surface area contributed by atoms with Crippen LogP contribution in [0.5, 0.6) is 5.75 Å². The van der Waals surface area contributed by atoms with E-state index in [0.29, 0.717) is 18.3 Å². The van der Waals surface area contributed by atoms with Crippen molar-refractivity contribution in [3.05, 3.63) is 59.2 Å². The summed E-state index contributed by atoms with van der Waals surface area (Å²) in [5.74, 6) is 0.409. The van der Waals surface area contributed by atoms with Crippen LogP contribution in [0, 0.1) is 6.92 Å². The smallest absolute Gasteiger partial charge is 0.122 e. The van der Waals surface area contributed by atoms with Gasteiger partial charge in [-0.15, -0.1) is 0 Å². The maximum absolute atomic E-state index is 10.1. The highest BCUT2D eigenvalue weighted by atomic mass is 16.3. The first-order valence-corrected chi connectivity index (χ1v) is 7.47. The molecule has 0 radical (unpaired) electrons. The van der Waals surface area contributed by atoms with E-state index in [4.69, 9.17) is 0 Å². The van der Waals surface area contributed by atoms with Gasteiger partial charge in [0.1, 0.15) is 5.75 Å². The maximum Gasteiger partial charge on any atom is 0.122 e. The van der Waals surface area contributed by atoms with Gasteiger partial charge < -0.3 is 15.3 Å². The number of fused-ring (bicyclic) bond motifs is 1. The van der Waals surface area contributed by atoms with E-state index >= 15 is 0 Å². The van der Waals surface area contributed by atoms with E-state index in [1.165, 1.54) is 11.3 Å². The summed E-state index contributed by atoms with van der Waals surface area (Å²) < 4.78 is 0. The van der Waals surface area contributed by atoms with Crippen molar-refractivity contribution in [2.75, 3.05) is 18.5 Å². The molecule has 0 aliphatic carbocycles. The number of benzene rings is 2. The monoisotopic (exact) mass is 282 g/mol. The molecule has 1 heterocycles. The predicted molar refractivity (Wildman–Crippen MR) is 86.8 cm³/mol. The Labute approximate surface area is 126 Å². The number of phenolic OH excluding ortho intramolecular Hbond substituents is 1. The summed E-state index contributed by atoms with van der Waals surface area (Å²) in [6.07, 6.45) is 1.08. The van der Waals surface area contributed by atoms with Crippen LogP contribution in [0.2, 0.25) is 0 Å². The lowest BCUT2D eigenvalue weighted by Gasteiger charge is -2.33. The minimum atomic E-state index is 0.345. The number of hydrogen-bond acceptors (Lipinski definition) is 3. The van der Waals surface area contributed by atoms with Crippen LogP contribution < -0.4 is 10.2 Å². The zero-order valence-corrected chi connectivity index (χ0v) is 12.6. The molecule has 0 saturated heterocycles. The molecule has 1 aliphatic rings. The SMILES string of the molecule is Cc1cccc(CNC2CCN(C)c3ccccc32)c1O. The van der Waals surface area contributed by atoms with Crippen molar-refractivity contribution >= 4 is 5.69 Å². The van der Waals surface area contributed by atoms with Crippen LogP contribution in [0.1, 0.15) is 29.2 Å². The molecule has 110 valence electrons. The lowest BCUT2D eigenvalue weighted by Crippen LogP contribution is -2.33. The molecule has 0 spiro atoms. The van der Waals surface area contributed by atoms with E-state index in [0.717, 1.165) is 24.1 Å².